The molecular weight excluding hydrogens is 410 g/mol. The highest BCUT2D eigenvalue weighted by molar-refractivity contribution is 7.99. The number of carbonyl (C=O) groups excluding carboxylic acids is 1. The number of benzene rings is 2. The Bertz CT molecular complexity index is 1070. The number of hydrogen-bond acceptors (Lipinski definition) is 8. The van der Waals surface area contributed by atoms with Crippen molar-refractivity contribution in [1.29, 1.82) is 0 Å². The van der Waals surface area contributed by atoms with Crippen molar-refractivity contribution in [3.8, 4) is 22.9 Å². The highest BCUT2D eigenvalue weighted by Crippen LogP contribution is 2.32. The lowest BCUT2D eigenvalue weighted by Gasteiger charge is -2.09. The highest BCUT2D eigenvalue weighted by Gasteiger charge is 2.15. The van der Waals surface area contributed by atoms with E-state index in [0.29, 0.717) is 28.2 Å². The summed E-state index contributed by atoms with van der Waals surface area (Å²) in [6.07, 6.45) is 0. The lowest BCUT2D eigenvalue weighted by atomic mass is 10.2. The van der Waals surface area contributed by atoms with E-state index in [1.165, 1.54) is 36.0 Å². The van der Waals surface area contributed by atoms with Crippen LogP contribution < -0.4 is 14.8 Å². The molecule has 3 aromatic rings. The Kier molecular flexibility index (Phi) is 6.52. The number of nitrogens with one attached hydrogen (secondary N) is 1. The summed E-state index contributed by atoms with van der Waals surface area (Å²) in [4.78, 5) is 22.4. The van der Waals surface area contributed by atoms with E-state index in [4.69, 9.17) is 9.47 Å². The zero-order valence-electron chi connectivity index (χ0n) is 16.5. The maximum Gasteiger partial charge on any atom is 0.269 e. The number of thioether (sulfide) groups is 1. The van der Waals surface area contributed by atoms with Crippen molar-refractivity contribution in [2.75, 3.05) is 25.3 Å². The Hall–Kier alpha value is -3.60. The van der Waals surface area contributed by atoms with Crippen molar-refractivity contribution >= 4 is 29.0 Å². The van der Waals surface area contributed by atoms with Crippen LogP contribution in [0.2, 0.25) is 0 Å². The van der Waals surface area contributed by atoms with Crippen molar-refractivity contribution in [1.82, 2.24) is 14.8 Å². The molecule has 1 N–H and O–H groups in total. The third kappa shape index (κ3) is 4.69. The van der Waals surface area contributed by atoms with E-state index in [0.717, 1.165) is 5.56 Å². The molecule has 0 spiro atoms. The molecule has 1 amide bonds. The first-order chi connectivity index (χ1) is 14.4. The van der Waals surface area contributed by atoms with Gasteiger partial charge in [0.05, 0.1) is 24.9 Å². The van der Waals surface area contributed by atoms with Crippen molar-refractivity contribution in [2.45, 2.75) is 5.16 Å². The number of anilines is 1. The van der Waals surface area contributed by atoms with Gasteiger partial charge in [0.1, 0.15) is 0 Å². The molecule has 0 bridgehead atoms. The van der Waals surface area contributed by atoms with Crippen LogP contribution in [0.4, 0.5) is 11.4 Å². The molecular formula is C19H19N5O5S. The van der Waals surface area contributed by atoms with Crippen LogP contribution in [-0.4, -0.2) is 45.6 Å². The summed E-state index contributed by atoms with van der Waals surface area (Å²) in [6.45, 7) is 0. The Labute approximate surface area is 176 Å². The third-order valence-electron chi connectivity index (χ3n) is 4.17. The molecule has 2 aromatic carbocycles. The second-order valence-corrected chi connectivity index (χ2v) is 7.02. The number of rotatable bonds is 8. The van der Waals surface area contributed by atoms with Gasteiger partial charge in [0, 0.05) is 30.4 Å². The van der Waals surface area contributed by atoms with Crippen LogP contribution >= 0.6 is 11.8 Å². The average Bonchev–Trinajstić information content (AvgIpc) is 3.12. The molecule has 0 unspecified atom stereocenters. The zero-order valence-corrected chi connectivity index (χ0v) is 17.3. The van der Waals surface area contributed by atoms with Crippen LogP contribution in [0.1, 0.15) is 0 Å². The molecule has 0 aliphatic heterocycles. The lowest BCUT2D eigenvalue weighted by molar-refractivity contribution is -0.384. The highest BCUT2D eigenvalue weighted by atomic mass is 32.2. The van der Waals surface area contributed by atoms with Crippen LogP contribution in [0.15, 0.2) is 47.6 Å². The van der Waals surface area contributed by atoms with E-state index < -0.39 is 4.92 Å². The van der Waals surface area contributed by atoms with Gasteiger partial charge in [0.2, 0.25) is 5.91 Å². The first-order valence-corrected chi connectivity index (χ1v) is 9.70. The number of hydrogen-bond donors (Lipinski definition) is 1. The number of methoxy groups -OCH3 is 2. The third-order valence-corrected chi connectivity index (χ3v) is 5.19. The lowest BCUT2D eigenvalue weighted by Crippen LogP contribution is -2.14. The monoisotopic (exact) mass is 429 g/mol. The van der Waals surface area contributed by atoms with Gasteiger partial charge in [-0.25, -0.2) is 0 Å². The Balaban J connectivity index is 1.65. The van der Waals surface area contributed by atoms with Crippen molar-refractivity contribution in [3.05, 3.63) is 52.6 Å². The summed E-state index contributed by atoms with van der Waals surface area (Å²) in [6, 6.07) is 11.1. The summed E-state index contributed by atoms with van der Waals surface area (Å²) in [7, 11) is 4.93. The van der Waals surface area contributed by atoms with E-state index >= 15 is 0 Å². The number of amides is 1. The molecule has 0 atom stereocenters. The predicted molar refractivity (Wildman–Crippen MR) is 112 cm³/mol. The van der Waals surface area contributed by atoms with Crippen molar-refractivity contribution in [2.24, 2.45) is 7.05 Å². The fourth-order valence-electron chi connectivity index (χ4n) is 2.66. The van der Waals surface area contributed by atoms with Gasteiger partial charge >= 0.3 is 0 Å². The van der Waals surface area contributed by atoms with Gasteiger partial charge in [0.15, 0.2) is 22.5 Å². The van der Waals surface area contributed by atoms with E-state index in [9.17, 15) is 14.9 Å². The molecule has 30 heavy (non-hydrogen) atoms. The van der Waals surface area contributed by atoms with Gasteiger partial charge < -0.3 is 19.4 Å². The maximum absolute atomic E-state index is 12.2. The summed E-state index contributed by atoms with van der Waals surface area (Å²) < 4.78 is 12.4. The van der Waals surface area contributed by atoms with Gasteiger partial charge in [0.25, 0.3) is 5.69 Å². The van der Waals surface area contributed by atoms with E-state index in [2.05, 4.69) is 15.5 Å². The predicted octanol–water partition coefficient (Wildman–Crippen LogP) is 3.14. The number of non-ortho nitro benzene ring substituents is 1. The number of ether oxygens (including phenoxy) is 2. The van der Waals surface area contributed by atoms with Crippen LogP contribution in [-0.2, 0) is 11.8 Å². The molecule has 10 nitrogen and oxygen atoms in total. The second kappa shape index (κ2) is 9.27. The number of carbonyl (C=O) groups is 1. The standard InChI is InChI=1S/C19H19N5O5S/c1-23-18(12-4-9-15(28-2)16(10-12)29-3)21-22-19(23)30-11-17(25)20-13-5-7-14(8-6-13)24(26)27/h4-10H,11H2,1-3H3,(H,20,25). The Morgan fingerprint density at radius 2 is 1.83 bits per heavy atom. The number of nitro groups is 1. The topological polar surface area (TPSA) is 121 Å². The molecule has 0 aliphatic rings. The number of nitro benzene ring substituents is 1. The van der Waals surface area contributed by atoms with Gasteiger partial charge in [-0.3, -0.25) is 14.9 Å². The Morgan fingerprint density at radius 1 is 1.13 bits per heavy atom. The fraction of sp³-hybridized carbons (Fsp3) is 0.211. The molecule has 0 saturated heterocycles. The van der Waals surface area contributed by atoms with Crippen LogP contribution in [0.3, 0.4) is 0 Å². The molecule has 0 fully saturated rings. The SMILES string of the molecule is COc1ccc(-c2nnc(SCC(=O)Nc3ccc([N+](=O)[O-])cc3)n2C)cc1OC. The van der Waals surface area contributed by atoms with Crippen molar-refractivity contribution < 1.29 is 19.2 Å². The number of nitrogens with zero attached hydrogens (tertiary/aromatic N) is 4. The van der Waals surface area contributed by atoms with Crippen LogP contribution in [0.25, 0.3) is 11.4 Å². The summed E-state index contributed by atoms with van der Waals surface area (Å²) in [5, 5.41) is 22.3. The summed E-state index contributed by atoms with van der Waals surface area (Å²) >= 11 is 1.23. The maximum atomic E-state index is 12.2. The van der Waals surface area contributed by atoms with Gasteiger partial charge in [-0.2, -0.15) is 0 Å². The molecule has 3 rings (SSSR count). The molecule has 11 heteroatoms. The normalized spacial score (nSPS) is 10.5. The van der Waals surface area contributed by atoms with Crippen LogP contribution in [0, 0.1) is 10.1 Å². The molecule has 1 heterocycles. The second-order valence-electron chi connectivity index (χ2n) is 6.08. The quantitative estimate of drug-likeness (QED) is 0.329. The van der Waals surface area contributed by atoms with Gasteiger partial charge in [-0.05, 0) is 30.3 Å². The minimum atomic E-state index is -0.495. The Morgan fingerprint density at radius 3 is 2.47 bits per heavy atom. The molecule has 1 aromatic heterocycles. The molecule has 0 aliphatic carbocycles. The molecule has 0 saturated carbocycles. The molecule has 156 valence electrons. The van der Waals surface area contributed by atoms with Crippen LogP contribution in [0.5, 0.6) is 11.5 Å². The average molecular weight is 429 g/mol. The fourth-order valence-corrected chi connectivity index (χ4v) is 3.37. The smallest absolute Gasteiger partial charge is 0.269 e. The molecule has 0 radical (unpaired) electrons. The first-order valence-electron chi connectivity index (χ1n) is 8.72. The van der Waals surface area contributed by atoms with Crippen molar-refractivity contribution in [3.63, 3.8) is 0 Å². The van der Waals surface area contributed by atoms with Gasteiger partial charge in [-0.1, -0.05) is 11.8 Å². The largest absolute Gasteiger partial charge is 0.493 e. The first kappa shape index (κ1) is 21.1. The van der Waals surface area contributed by atoms with E-state index in [1.54, 1.807) is 30.9 Å². The minimum Gasteiger partial charge on any atom is -0.493 e. The van der Waals surface area contributed by atoms with E-state index in [-0.39, 0.29) is 17.3 Å². The minimum absolute atomic E-state index is 0.0378. The van der Waals surface area contributed by atoms with E-state index in [1.807, 2.05) is 13.1 Å². The summed E-state index contributed by atoms with van der Waals surface area (Å²) in [5.74, 6) is 1.66. The zero-order chi connectivity index (χ0) is 21.7. The number of aromatic nitrogens is 3. The van der Waals surface area contributed by atoms with Gasteiger partial charge in [-0.15, -0.1) is 10.2 Å². The summed E-state index contributed by atoms with van der Waals surface area (Å²) in [5.41, 5.74) is 1.24.